The van der Waals surface area contributed by atoms with E-state index in [1.54, 1.807) is 18.2 Å². The lowest BCUT2D eigenvalue weighted by Gasteiger charge is -2.16. The number of hydrogen-bond donors (Lipinski definition) is 2. The molecule has 2 N–H and O–H groups in total. The van der Waals surface area contributed by atoms with Crippen LogP contribution >= 0.6 is 11.8 Å². The van der Waals surface area contributed by atoms with Gasteiger partial charge in [0.2, 0.25) is 0 Å². The number of rotatable bonds is 5. The molecule has 0 radical (unpaired) electrons. The summed E-state index contributed by atoms with van der Waals surface area (Å²) < 4.78 is 4.90. The Labute approximate surface area is 184 Å². The maximum atomic E-state index is 12.8. The van der Waals surface area contributed by atoms with Gasteiger partial charge in [-0.2, -0.15) is 0 Å². The van der Waals surface area contributed by atoms with E-state index in [4.69, 9.17) is 4.74 Å². The van der Waals surface area contributed by atoms with Gasteiger partial charge in [-0.25, -0.2) is 0 Å². The highest BCUT2D eigenvalue weighted by molar-refractivity contribution is 7.99. The fourth-order valence-electron chi connectivity index (χ4n) is 3.37. The fraction of sp³-hybridized carbons (Fsp3) is 0.125. The van der Waals surface area contributed by atoms with E-state index in [1.165, 1.54) is 18.9 Å². The Hall–Kier alpha value is -3.58. The quantitative estimate of drug-likeness (QED) is 0.593. The largest absolute Gasteiger partial charge is 0.468 e. The molecule has 0 unspecified atom stereocenters. The van der Waals surface area contributed by atoms with Crippen molar-refractivity contribution in [3.05, 3.63) is 89.5 Å². The number of amides is 2. The van der Waals surface area contributed by atoms with E-state index in [9.17, 15) is 14.4 Å². The van der Waals surface area contributed by atoms with E-state index in [0.717, 1.165) is 15.4 Å². The molecule has 0 saturated carbocycles. The number of carbonyl (C=O) groups is 3. The minimum atomic E-state index is -0.610. The van der Waals surface area contributed by atoms with Crippen LogP contribution in [0.1, 0.15) is 32.2 Å². The molecule has 31 heavy (non-hydrogen) atoms. The van der Waals surface area contributed by atoms with Crippen molar-refractivity contribution in [3.8, 4) is 0 Å². The van der Waals surface area contributed by atoms with Crippen LogP contribution in [-0.4, -0.2) is 31.4 Å². The van der Waals surface area contributed by atoms with Gasteiger partial charge in [-0.3, -0.25) is 14.4 Å². The molecule has 0 spiro atoms. The number of benzene rings is 3. The first kappa shape index (κ1) is 20.7. The van der Waals surface area contributed by atoms with Crippen molar-refractivity contribution in [2.45, 2.75) is 15.7 Å². The molecule has 1 heterocycles. The maximum Gasteiger partial charge on any atom is 0.314 e. The summed E-state index contributed by atoms with van der Waals surface area (Å²) in [6, 6.07) is 21.7. The second-order valence-electron chi connectivity index (χ2n) is 6.96. The van der Waals surface area contributed by atoms with Crippen LogP contribution in [0.25, 0.3) is 0 Å². The van der Waals surface area contributed by atoms with Crippen LogP contribution in [0.5, 0.6) is 0 Å². The molecule has 156 valence electrons. The van der Waals surface area contributed by atoms with E-state index < -0.39 is 11.9 Å². The number of hydrogen-bond acceptors (Lipinski definition) is 5. The van der Waals surface area contributed by atoms with Crippen molar-refractivity contribution < 1.29 is 19.1 Å². The number of methoxy groups -OCH3 is 1. The zero-order valence-corrected chi connectivity index (χ0v) is 17.6. The highest BCUT2D eigenvalue weighted by atomic mass is 32.2. The van der Waals surface area contributed by atoms with Gasteiger partial charge in [-0.15, -0.1) is 0 Å². The zero-order valence-electron chi connectivity index (χ0n) is 16.8. The van der Waals surface area contributed by atoms with Crippen LogP contribution in [-0.2, 0) is 9.53 Å². The van der Waals surface area contributed by atoms with Crippen molar-refractivity contribution in [1.82, 2.24) is 5.32 Å². The molecule has 0 saturated heterocycles. The van der Waals surface area contributed by atoms with E-state index in [1.807, 2.05) is 54.6 Å². The smallest absolute Gasteiger partial charge is 0.314 e. The van der Waals surface area contributed by atoms with Gasteiger partial charge >= 0.3 is 5.97 Å². The number of ether oxygens (including phenoxy) is 1. The molecule has 0 fully saturated rings. The Morgan fingerprint density at radius 3 is 2.52 bits per heavy atom. The van der Waals surface area contributed by atoms with Gasteiger partial charge in [0.05, 0.1) is 24.3 Å². The molecule has 1 atom stereocenters. The average Bonchev–Trinajstić information content (AvgIpc) is 2.94. The Bertz CT molecular complexity index is 1150. The van der Waals surface area contributed by atoms with Gasteiger partial charge in [-0.05, 0) is 35.9 Å². The summed E-state index contributed by atoms with van der Waals surface area (Å²) in [6.07, 6.45) is 0. The standard InChI is InChI=1S/C24H20N2O4S/c1-30-24(29)18(15-7-3-2-4-8-15)14-25-22(27)16-11-12-21-19(13-16)26-23(28)17-9-5-6-10-20(17)31-21/h2-13,18H,14H2,1H3,(H,25,27)(H,26,28)/t18-/m0/s1. The van der Waals surface area contributed by atoms with Crippen LogP contribution in [0.15, 0.2) is 82.6 Å². The normalized spacial score (nSPS) is 13.1. The molecule has 4 rings (SSSR count). The maximum absolute atomic E-state index is 12.8. The van der Waals surface area contributed by atoms with Gasteiger partial charge in [-0.1, -0.05) is 54.2 Å². The second-order valence-corrected chi connectivity index (χ2v) is 8.04. The topological polar surface area (TPSA) is 84.5 Å². The lowest BCUT2D eigenvalue weighted by atomic mass is 9.99. The van der Waals surface area contributed by atoms with Crippen molar-refractivity contribution in [1.29, 1.82) is 0 Å². The summed E-state index contributed by atoms with van der Waals surface area (Å²) in [5, 5.41) is 5.68. The molecule has 2 amide bonds. The molecule has 0 aliphatic carbocycles. The van der Waals surface area contributed by atoms with Gasteiger partial charge in [0, 0.05) is 21.9 Å². The number of anilines is 1. The minimum absolute atomic E-state index is 0.0964. The molecule has 3 aromatic rings. The van der Waals surface area contributed by atoms with Crippen molar-refractivity contribution >= 4 is 35.2 Å². The van der Waals surface area contributed by atoms with Crippen LogP contribution < -0.4 is 10.6 Å². The Morgan fingerprint density at radius 1 is 1.00 bits per heavy atom. The van der Waals surface area contributed by atoms with Gasteiger partial charge < -0.3 is 15.4 Å². The molecular formula is C24H20N2O4S. The monoisotopic (exact) mass is 432 g/mol. The van der Waals surface area contributed by atoms with Crippen LogP contribution in [0.3, 0.4) is 0 Å². The Balaban J connectivity index is 1.52. The first-order valence-electron chi connectivity index (χ1n) is 9.70. The zero-order chi connectivity index (χ0) is 21.8. The Morgan fingerprint density at radius 2 is 1.74 bits per heavy atom. The van der Waals surface area contributed by atoms with Crippen LogP contribution in [0.2, 0.25) is 0 Å². The number of esters is 1. The summed E-state index contributed by atoms with van der Waals surface area (Å²) in [5.41, 5.74) is 2.32. The van der Waals surface area contributed by atoms with Crippen LogP contribution in [0.4, 0.5) is 5.69 Å². The van der Waals surface area contributed by atoms with E-state index in [0.29, 0.717) is 16.8 Å². The van der Waals surface area contributed by atoms with Crippen molar-refractivity contribution in [3.63, 3.8) is 0 Å². The van der Waals surface area contributed by atoms with Crippen molar-refractivity contribution in [2.24, 2.45) is 0 Å². The SMILES string of the molecule is COC(=O)[C@@H](CNC(=O)c1ccc2c(c1)NC(=O)c1ccccc1S2)c1ccccc1. The third-order valence-corrected chi connectivity index (χ3v) is 6.15. The molecule has 0 aromatic heterocycles. The molecule has 0 bridgehead atoms. The highest BCUT2D eigenvalue weighted by Gasteiger charge is 2.24. The molecule has 3 aromatic carbocycles. The lowest BCUT2D eigenvalue weighted by Crippen LogP contribution is -2.32. The molecule has 6 nitrogen and oxygen atoms in total. The third-order valence-electron chi connectivity index (χ3n) is 5.00. The van der Waals surface area contributed by atoms with E-state index in [-0.39, 0.29) is 18.4 Å². The summed E-state index contributed by atoms with van der Waals surface area (Å²) in [6.45, 7) is 0.0964. The molecular weight excluding hydrogens is 412 g/mol. The molecule has 1 aliphatic heterocycles. The van der Waals surface area contributed by atoms with E-state index >= 15 is 0 Å². The van der Waals surface area contributed by atoms with Gasteiger partial charge in [0.1, 0.15) is 0 Å². The number of nitrogens with one attached hydrogen (secondary N) is 2. The predicted molar refractivity (Wildman–Crippen MR) is 118 cm³/mol. The first-order chi connectivity index (χ1) is 15.1. The fourth-order valence-corrected chi connectivity index (χ4v) is 4.38. The molecule has 7 heteroatoms. The second kappa shape index (κ2) is 9.06. The summed E-state index contributed by atoms with van der Waals surface area (Å²) >= 11 is 1.47. The summed E-state index contributed by atoms with van der Waals surface area (Å²) in [5.74, 6) is -1.58. The minimum Gasteiger partial charge on any atom is -0.468 e. The van der Waals surface area contributed by atoms with Crippen LogP contribution in [0, 0.1) is 0 Å². The average molecular weight is 433 g/mol. The van der Waals surface area contributed by atoms with Gasteiger partial charge in [0.15, 0.2) is 0 Å². The lowest BCUT2D eigenvalue weighted by molar-refractivity contribution is -0.142. The first-order valence-corrected chi connectivity index (χ1v) is 10.5. The van der Waals surface area contributed by atoms with E-state index in [2.05, 4.69) is 10.6 Å². The number of carbonyl (C=O) groups excluding carboxylic acids is 3. The molecule has 1 aliphatic rings. The summed E-state index contributed by atoms with van der Waals surface area (Å²) in [4.78, 5) is 39.3. The van der Waals surface area contributed by atoms with Crippen molar-refractivity contribution in [2.75, 3.05) is 19.0 Å². The Kier molecular flexibility index (Phi) is 6.04. The number of fused-ring (bicyclic) bond motifs is 2. The highest BCUT2D eigenvalue weighted by Crippen LogP contribution is 2.39. The summed E-state index contributed by atoms with van der Waals surface area (Å²) in [7, 11) is 1.32. The van der Waals surface area contributed by atoms with Gasteiger partial charge in [0.25, 0.3) is 11.8 Å². The predicted octanol–water partition coefficient (Wildman–Crippen LogP) is 4.09. The third kappa shape index (κ3) is 4.46.